The van der Waals surface area contributed by atoms with E-state index < -0.39 is 0 Å². The summed E-state index contributed by atoms with van der Waals surface area (Å²) >= 11 is 0. The largest absolute Gasteiger partial charge is 0.326 e. The van der Waals surface area contributed by atoms with Crippen molar-refractivity contribution in [1.82, 2.24) is 0 Å². The van der Waals surface area contributed by atoms with Crippen LogP contribution in [-0.2, 0) is 9.59 Å². The molecule has 1 N–H and O–H groups in total. The summed E-state index contributed by atoms with van der Waals surface area (Å²) in [5.41, 5.74) is 2.57. The number of anilines is 2. The molecule has 2 aromatic rings. The van der Waals surface area contributed by atoms with Crippen molar-refractivity contribution in [1.29, 1.82) is 0 Å². The van der Waals surface area contributed by atoms with Crippen molar-refractivity contribution in [2.45, 2.75) is 32.6 Å². The van der Waals surface area contributed by atoms with Crippen LogP contribution >= 0.6 is 0 Å². The van der Waals surface area contributed by atoms with Gasteiger partial charge in [0.05, 0.1) is 5.92 Å². The maximum absolute atomic E-state index is 12.7. The topological polar surface area (TPSA) is 49.4 Å². The molecule has 0 fully saturated rings. The van der Waals surface area contributed by atoms with Gasteiger partial charge in [-0.3, -0.25) is 9.59 Å². The Morgan fingerprint density at radius 1 is 1.04 bits per heavy atom. The van der Waals surface area contributed by atoms with Crippen LogP contribution in [0.2, 0.25) is 0 Å². The number of rotatable bonds is 6. The Morgan fingerprint density at radius 2 is 1.67 bits per heavy atom. The van der Waals surface area contributed by atoms with E-state index in [0.29, 0.717) is 0 Å². The first kappa shape index (κ1) is 17.7. The Morgan fingerprint density at radius 3 is 2.21 bits per heavy atom. The minimum atomic E-state index is -0.157. The fourth-order valence-corrected chi connectivity index (χ4v) is 2.60. The molecular weight excluding hydrogens is 300 g/mol. The maximum atomic E-state index is 12.7. The van der Waals surface area contributed by atoms with Gasteiger partial charge in [0.15, 0.2) is 0 Å². The zero-order chi connectivity index (χ0) is 17.5. The van der Waals surface area contributed by atoms with E-state index in [0.717, 1.165) is 29.8 Å². The molecule has 0 bridgehead atoms. The lowest BCUT2D eigenvalue weighted by Gasteiger charge is -2.18. The predicted molar refractivity (Wildman–Crippen MR) is 98.2 cm³/mol. The lowest BCUT2D eigenvalue weighted by Crippen LogP contribution is -2.23. The zero-order valence-corrected chi connectivity index (χ0v) is 14.5. The van der Waals surface area contributed by atoms with Crippen molar-refractivity contribution in [3.05, 3.63) is 60.2 Å². The Labute approximate surface area is 143 Å². The van der Waals surface area contributed by atoms with Crippen molar-refractivity contribution in [3.63, 3.8) is 0 Å². The molecule has 0 aliphatic heterocycles. The van der Waals surface area contributed by atoms with E-state index in [-0.39, 0.29) is 17.7 Å². The molecule has 0 aliphatic rings. The number of benzene rings is 2. The standard InChI is InChI=1S/C20H24N2O2/c1-4-8-19(16-9-6-5-7-10-16)20(24)21-17-11-13-18(14-12-17)22(3)15(2)23/h5-7,9-14,19H,4,8H2,1-3H3,(H,21,24). The van der Waals surface area contributed by atoms with E-state index in [1.807, 2.05) is 54.6 Å². The fraction of sp³-hybridized carbons (Fsp3) is 0.300. The second kappa shape index (κ2) is 8.29. The third-order valence-corrected chi connectivity index (χ3v) is 4.09. The summed E-state index contributed by atoms with van der Waals surface area (Å²) in [6.45, 7) is 3.60. The predicted octanol–water partition coefficient (Wildman–Crippen LogP) is 4.19. The second-order valence-corrected chi connectivity index (χ2v) is 5.87. The van der Waals surface area contributed by atoms with Crippen LogP contribution in [0.3, 0.4) is 0 Å². The molecule has 2 amide bonds. The number of carbonyl (C=O) groups excluding carboxylic acids is 2. The maximum Gasteiger partial charge on any atom is 0.231 e. The minimum absolute atomic E-state index is 0.00396. The van der Waals surface area contributed by atoms with Gasteiger partial charge in [0.1, 0.15) is 0 Å². The lowest BCUT2D eigenvalue weighted by atomic mass is 9.93. The smallest absolute Gasteiger partial charge is 0.231 e. The molecular formula is C20H24N2O2. The van der Waals surface area contributed by atoms with Crippen LogP contribution in [0.5, 0.6) is 0 Å². The van der Waals surface area contributed by atoms with Gasteiger partial charge in [0.2, 0.25) is 11.8 Å². The molecule has 0 radical (unpaired) electrons. The SMILES string of the molecule is CCCC(C(=O)Nc1ccc(N(C)C(C)=O)cc1)c1ccccc1. The monoisotopic (exact) mass is 324 g/mol. The van der Waals surface area contributed by atoms with E-state index in [1.165, 1.54) is 6.92 Å². The normalized spacial score (nSPS) is 11.6. The van der Waals surface area contributed by atoms with Gasteiger partial charge in [0, 0.05) is 25.3 Å². The summed E-state index contributed by atoms with van der Waals surface area (Å²) in [7, 11) is 1.72. The van der Waals surface area contributed by atoms with E-state index in [9.17, 15) is 9.59 Å². The van der Waals surface area contributed by atoms with Crippen LogP contribution in [0.1, 0.15) is 38.2 Å². The summed E-state index contributed by atoms with van der Waals surface area (Å²) in [5.74, 6) is -0.189. The van der Waals surface area contributed by atoms with Crippen LogP contribution in [-0.4, -0.2) is 18.9 Å². The van der Waals surface area contributed by atoms with Gasteiger partial charge in [-0.2, -0.15) is 0 Å². The van der Waals surface area contributed by atoms with E-state index in [4.69, 9.17) is 0 Å². The number of nitrogens with zero attached hydrogens (tertiary/aromatic N) is 1. The van der Waals surface area contributed by atoms with E-state index >= 15 is 0 Å². The Kier molecular flexibility index (Phi) is 6.13. The van der Waals surface area contributed by atoms with Crippen LogP contribution in [0.15, 0.2) is 54.6 Å². The van der Waals surface area contributed by atoms with Gasteiger partial charge in [-0.05, 0) is 36.2 Å². The Balaban J connectivity index is 2.11. The number of amides is 2. The summed E-state index contributed by atoms with van der Waals surface area (Å²) in [4.78, 5) is 25.6. The van der Waals surface area contributed by atoms with Crippen LogP contribution in [0, 0.1) is 0 Å². The van der Waals surface area contributed by atoms with Gasteiger partial charge in [-0.15, -0.1) is 0 Å². The first-order chi connectivity index (χ1) is 11.5. The van der Waals surface area contributed by atoms with Crippen LogP contribution in [0.4, 0.5) is 11.4 Å². The van der Waals surface area contributed by atoms with Gasteiger partial charge >= 0.3 is 0 Å². The molecule has 2 aromatic carbocycles. The van der Waals surface area contributed by atoms with E-state index in [1.54, 1.807) is 11.9 Å². The highest BCUT2D eigenvalue weighted by Gasteiger charge is 2.19. The van der Waals surface area contributed by atoms with Crippen molar-refractivity contribution >= 4 is 23.2 Å². The highest BCUT2D eigenvalue weighted by Crippen LogP contribution is 2.24. The second-order valence-electron chi connectivity index (χ2n) is 5.87. The highest BCUT2D eigenvalue weighted by molar-refractivity contribution is 5.96. The lowest BCUT2D eigenvalue weighted by molar-refractivity contribution is -0.118. The van der Waals surface area contributed by atoms with Crippen LogP contribution < -0.4 is 10.2 Å². The molecule has 1 atom stereocenters. The summed E-state index contributed by atoms with van der Waals surface area (Å²) in [6, 6.07) is 17.1. The molecule has 4 nitrogen and oxygen atoms in total. The highest BCUT2D eigenvalue weighted by atomic mass is 16.2. The number of carbonyl (C=O) groups is 2. The van der Waals surface area contributed by atoms with Gasteiger partial charge < -0.3 is 10.2 Å². The molecule has 4 heteroatoms. The fourth-order valence-electron chi connectivity index (χ4n) is 2.60. The first-order valence-corrected chi connectivity index (χ1v) is 8.23. The zero-order valence-electron chi connectivity index (χ0n) is 14.5. The van der Waals surface area contributed by atoms with Crippen LogP contribution in [0.25, 0.3) is 0 Å². The van der Waals surface area contributed by atoms with Crippen molar-refractivity contribution in [2.75, 3.05) is 17.3 Å². The molecule has 2 rings (SSSR count). The van der Waals surface area contributed by atoms with Gasteiger partial charge in [-0.25, -0.2) is 0 Å². The third-order valence-electron chi connectivity index (χ3n) is 4.09. The average Bonchev–Trinajstić information content (AvgIpc) is 2.60. The number of nitrogens with one attached hydrogen (secondary N) is 1. The summed E-state index contributed by atoms with van der Waals surface area (Å²) in [5, 5.41) is 2.98. The van der Waals surface area contributed by atoms with Crippen molar-refractivity contribution < 1.29 is 9.59 Å². The minimum Gasteiger partial charge on any atom is -0.326 e. The quantitative estimate of drug-likeness (QED) is 0.866. The van der Waals surface area contributed by atoms with Gasteiger partial charge in [-0.1, -0.05) is 43.7 Å². The number of hydrogen-bond acceptors (Lipinski definition) is 2. The molecule has 24 heavy (non-hydrogen) atoms. The molecule has 0 heterocycles. The van der Waals surface area contributed by atoms with E-state index in [2.05, 4.69) is 12.2 Å². The molecule has 0 spiro atoms. The first-order valence-electron chi connectivity index (χ1n) is 8.23. The average molecular weight is 324 g/mol. The van der Waals surface area contributed by atoms with Gasteiger partial charge in [0.25, 0.3) is 0 Å². The molecule has 1 unspecified atom stereocenters. The molecule has 0 saturated carbocycles. The molecule has 0 aromatic heterocycles. The summed E-state index contributed by atoms with van der Waals surface area (Å²) < 4.78 is 0. The third kappa shape index (κ3) is 4.44. The Hall–Kier alpha value is -2.62. The Bertz CT molecular complexity index is 681. The van der Waals surface area contributed by atoms with Crippen molar-refractivity contribution in [3.8, 4) is 0 Å². The summed E-state index contributed by atoms with van der Waals surface area (Å²) in [6.07, 6.45) is 1.75. The number of hydrogen-bond donors (Lipinski definition) is 1. The molecule has 126 valence electrons. The van der Waals surface area contributed by atoms with Crippen molar-refractivity contribution in [2.24, 2.45) is 0 Å². The molecule has 0 aliphatic carbocycles. The molecule has 0 saturated heterocycles.